The Morgan fingerprint density at radius 3 is 2.28 bits per heavy atom. The first kappa shape index (κ1) is 45.6. The molecule has 2 bridgehead atoms. The van der Waals surface area contributed by atoms with E-state index < -0.39 is 59.0 Å². The summed E-state index contributed by atoms with van der Waals surface area (Å²) in [5, 5.41) is 79.6. The first-order valence-electron chi connectivity index (χ1n) is 23.4. The zero-order chi connectivity index (χ0) is 43.8. The minimum atomic E-state index is -1.50. The summed E-state index contributed by atoms with van der Waals surface area (Å²) in [5.74, 6) is -0.835. The van der Waals surface area contributed by atoms with Crippen LogP contribution in [0.3, 0.4) is 0 Å². The van der Waals surface area contributed by atoms with Crippen LogP contribution in [0.5, 0.6) is 0 Å². The van der Waals surface area contributed by atoms with Gasteiger partial charge in [0, 0.05) is 25.2 Å². The number of aliphatic hydroxyl groups excluding tert-OH is 6. The van der Waals surface area contributed by atoms with Crippen LogP contribution in [0.4, 0.5) is 0 Å². The molecular formula is C49H75NO11. The summed E-state index contributed by atoms with van der Waals surface area (Å²) in [7, 11) is 1.92. The first-order chi connectivity index (χ1) is 28.9. The standard InChI is InChI=1S/C49H75NO11/c1-43(28-52)17-19-48(42(57)58)20-18-46(4)32(33(48)22-43)23-47(14-7-21-51)13-6-15-49(46)16-12-36-44(2,41(47)49)24-35(59-26-31-10-8-30(9-11-31)25-50-5)39(45(36,3)29-53)61-40-38(56)37(55)34(54)27-60-40/h8-11,23,33-41,50-56H,6-7,12-22,24-29H2,1-5H3,(H,57,58)/t33-,34+,35+,36-,37-,38+,39+,40-,41-,43-,44-,45-,46+,47-,48-,49+/m0/s1. The molecule has 6 fully saturated rings. The number of hydrogen-bond donors (Lipinski definition) is 8. The van der Waals surface area contributed by atoms with E-state index in [4.69, 9.17) is 14.2 Å². The third kappa shape index (κ3) is 6.94. The van der Waals surface area contributed by atoms with Crippen molar-refractivity contribution in [1.82, 2.24) is 5.32 Å². The Kier molecular flexibility index (Phi) is 12.3. The van der Waals surface area contributed by atoms with E-state index in [-0.39, 0.29) is 72.4 Å². The molecule has 0 unspecified atom stereocenters. The van der Waals surface area contributed by atoms with E-state index in [1.807, 2.05) is 7.05 Å². The van der Waals surface area contributed by atoms with E-state index in [1.165, 1.54) is 5.57 Å². The van der Waals surface area contributed by atoms with E-state index in [0.29, 0.717) is 38.5 Å². The molecule has 0 amide bonds. The van der Waals surface area contributed by atoms with Gasteiger partial charge in [0.2, 0.25) is 0 Å². The van der Waals surface area contributed by atoms with Crippen LogP contribution < -0.4 is 5.32 Å². The lowest BCUT2D eigenvalue weighted by Gasteiger charge is -2.77. The van der Waals surface area contributed by atoms with Gasteiger partial charge in [0.15, 0.2) is 6.29 Å². The lowest BCUT2D eigenvalue weighted by molar-refractivity contribution is -0.339. The molecule has 5 saturated carbocycles. The van der Waals surface area contributed by atoms with Crippen LogP contribution >= 0.6 is 0 Å². The highest BCUT2D eigenvalue weighted by Gasteiger charge is 2.76. The third-order valence-corrected chi connectivity index (χ3v) is 18.9. The summed E-state index contributed by atoms with van der Waals surface area (Å²) in [6, 6.07) is 8.30. The fourth-order valence-electron chi connectivity index (χ4n) is 15.9. The fourth-order valence-corrected chi connectivity index (χ4v) is 15.9. The Morgan fingerprint density at radius 1 is 0.885 bits per heavy atom. The molecule has 61 heavy (non-hydrogen) atoms. The number of allylic oxidation sites excluding steroid dienone is 2. The molecule has 7 aliphatic rings. The van der Waals surface area contributed by atoms with Gasteiger partial charge in [-0.1, -0.05) is 70.0 Å². The van der Waals surface area contributed by atoms with E-state index in [9.17, 15) is 40.5 Å². The molecule has 12 heteroatoms. The highest BCUT2D eigenvalue weighted by Crippen LogP contribution is 2.82. The van der Waals surface area contributed by atoms with Crippen LogP contribution in [0.25, 0.3) is 0 Å². The van der Waals surface area contributed by atoms with E-state index in [2.05, 4.69) is 63.4 Å². The molecule has 8 rings (SSSR count). The average Bonchev–Trinajstić information content (AvgIpc) is 3.24. The SMILES string of the molecule is CNCc1ccc(CO[C@@H]2C[C@@]3(C)[C@H](CC[C@@]45CCC[C@](CCCO)(C=C6[C@@H]7C[C@@](C)(CO)CC[C@]7(C(=O)O)CC[C@]64C)[C@H]35)[C@](C)(CO)[C@@H]2O[C@@H]2OC[C@@H](O)[C@H](O)[C@H]2O)cc1. The maximum absolute atomic E-state index is 13.6. The quantitative estimate of drug-likeness (QED) is 0.0969. The Morgan fingerprint density at radius 2 is 1.61 bits per heavy atom. The van der Waals surface area contributed by atoms with Crippen molar-refractivity contribution in [1.29, 1.82) is 0 Å². The number of rotatable bonds is 13. The molecule has 1 aliphatic heterocycles. The molecular weight excluding hydrogens is 779 g/mol. The maximum Gasteiger partial charge on any atom is 0.310 e. The largest absolute Gasteiger partial charge is 0.481 e. The summed E-state index contributed by atoms with van der Waals surface area (Å²) < 4.78 is 19.7. The van der Waals surface area contributed by atoms with Crippen LogP contribution in [-0.4, -0.2) is 112 Å². The molecule has 1 aromatic carbocycles. The van der Waals surface area contributed by atoms with Crippen molar-refractivity contribution in [3.63, 3.8) is 0 Å². The van der Waals surface area contributed by atoms with E-state index >= 15 is 0 Å². The molecule has 12 nitrogen and oxygen atoms in total. The topological polar surface area (TPSA) is 198 Å². The van der Waals surface area contributed by atoms with Crippen molar-refractivity contribution < 1.29 is 54.8 Å². The molecule has 6 aliphatic carbocycles. The van der Waals surface area contributed by atoms with Crippen molar-refractivity contribution in [3.05, 3.63) is 47.0 Å². The molecule has 1 aromatic rings. The molecule has 1 heterocycles. The highest BCUT2D eigenvalue weighted by molar-refractivity contribution is 5.76. The van der Waals surface area contributed by atoms with Crippen LogP contribution in [0.15, 0.2) is 35.9 Å². The van der Waals surface area contributed by atoms with Gasteiger partial charge in [-0.2, -0.15) is 0 Å². The Hall–Kier alpha value is -1.97. The molecule has 0 radical (unpaired) electrons. The lowest BCUT2D eigenvalue weighted by atomic mass is 9.27. The summed E-state index contributed by atoms with van der Waals surface area (Å²) in [6.07, 6.45) is 5.74. The Bertz CT molecular complexity index is 1790. The van der Waals surface area contributed by atoms with Crippen molar-refractivity contribution in [2.45, 2.75) is 161 Å². The van der Waals surface area contributed by atoms with Crippen molar-refractivity contribution in [2.24, 2.45) is 55.7 Å². The molecule has 16 atom stereocenters. The van der Waals surface area contributed by atoms with Crippen LogP contribution in [0.1, 0.15) is 122 Å². The van der Waals surface area contributed by atoms with Gasteiger partial charge in [-0.15, -0.1) is 0 Å². The summed E-state index contributed by atoms with van der Waals surface area (Å²) in [6.45, 7) is 9.77. The molecule has 1 saturated heterocycles. The summed E-state index contributed by atoms with van der Waals surface area (Å²) in [5.41, 5.74) is 0.0765. The number of nitrogens with one attached hydrogen (secondary N) is 1. The van der Waals surface area contributed by atoms with Crippen molar-refractivity contribution in [3.8, 4) is 0 Å². The normalized spacial score (nSPS) is 47.9. The fraction of sp³-hybridized carbons (Fsp3) is 0.816. The Balaban J connectivity index is 1.26. The number of ether oxygens (including phenoxy) is 3. The molecule has 342 valence electrons. The summed E-state index contributed by atoms with van der Waals surface area (Å²) >= 11 is 0. The smallest absolute Gasteiger partial charge is 0.310 e. The van der Waals surface area contributed by atoms with Crippen molar-refractivity contribution in [2.75, 3.05) is 33.5 Å². The van der Waals surface area contributed by atoms with Gasteiger partial charge in [-0.3, -0.25) is 4.79 Å². The first-order valence-corrected chi connectivity index (χ1v) is 23.4. The number of carbonyl (C=O) groups is 1. The Labute approximate surface area is 362 Å². The zero-order valence-corrected chi connectivity index (χ0v) is 37.3. The molecule has 0 spiro atoms. The predicted molar refractivity (Wildman–Crippen MR) is 228 cm³/mol. The van der Waals surface area contributed by atoms with Crippen LogP contribution in [0.2, 0.25) is 0 Å². The average molecular weight is 854 g/mol. The van der Waals surface area contributed by atoms with Gasteiger partial charge in [-0.05, 0) is 140 Å². The number of benzene rings is 1. The van der Waals surface area contributed by atoms with Gasteiger partial charge >= 0.3 is 5.97 Å². The monoisotopic (exact) mass is 854 g/mol. The van der Waals surface area contributed by atoms with Crippen LogP contribution in [-0.2, 0) is 32.2 Å². The number of fused-ring (bicyclic) bond motifs is 4. The predicted octanol–water partition coefficient (Wildman–Crippen LogP) is 5.09. The second-order valence-corrected chi connectivity index (χ2v) is 22.1. The van der Waals surface area contributed by atoms with Crippen LogP contribution in [0, 0.1) is 55.7 Å². The van der Waals surface area contributed by atoms with Gasteiger partial charge in [0.1, 0.15) is 18.3 Å². The van der Waals surface area contributed by atoms with E-state index in [0.717, 1.165) is 62.6 Å². The minimum absolute atomic E-state index is 0.0271. The number of carboxylic acids is 1. The number of hydrogen-bond acceptors (Lipinski definition) is 11. The minimum Gasteiger partial charge on any atom is -0.481 e. The number of carboxylic acid groups (broad SMARTS) is 1. The van der Waals surface area contributed by atoms with E-state index in [1.54, 1.807) is 0 Å². The second-order valence-electron chi connectivity index (χ2n) is 22.1. The maximum atomic E-state index is 13.6. The number of aliphatic hydroxyl groups is 6. The highest BCUT2D eigenvalue weighted by atomic mass is 16.7. The second kappa shape index (κ2) is 16.5. The number of aliphatic carboxylic acids is 1. The molecule has 8 N–H and O–H groups in total. The van der Waals surface area contributed by atoms with Gasteiger partial charge in [0.25, 0.3) is 0 Å². The van der Waals surface area contributed by atoms with Gasteiger partial charge in [0.05, 0.1) is 37.4 Å². The van der Waals surface area contributed by atoms with Crippen molar-refractivity contribution >= 4 is 5.97 Å². The van der Waals surface area contributed by atoms with Gasteiger partial charge in [-0.25, -0.2) is 0 Å². The zero-order valence-electron chi connectivity index (χ0n) is 37.3. The lowest BCUT2D eigenvalue weighted by Crippen LogP contribution is -2.73. The third-order valence-electron chi connectivity index (χ3n) is 18.9. The summed E-state index contributed by atoms with van der Waals surface area (Å²) in [4.78, 5) is 13.6. The molecule has 0 aromatic heterocycles. The van der Waals surface area contributed by atoms with Gasteiger partial charge < -0.3 is 55.3 Å².